The van der Waals surface area contributed by atoms with E-state index in [1.807, 2.05) is 0 Å². The van der Waals surface area contributed by atoms with E-state index in [1.165, 1.54) is 38.5 Å². The van der Waals surface area contributed by atoms with Crippen LogP contribution in [0.15, 0.2) is 12.7 Å². The average molecular weight is 252 g/mol. The first kappa shape index (κ1) is 13.4. The van der Waals surface area contributed by atoms with Gasteiger partial charge in [0.25, 0.3) is 0 Å². The average Bonchev–Trinajstić information content (AvgIpc) is 2.82. The van der Waals surface area contributed by atoms with Crippen molar-refractivity contribution in [1.82, 2.24) is 0 Å². The number of allylic oxidation sites excluding steroid dienone is 1. The molecule has 2 saturated carbocycles. The first-order valence-electron chi connectivity index (χ1n) is 7.12. The highest BCUT2D eigenvalue weighted by Gasteiger charge is 2.67. The molecule has 0 aromatic heterocycles. The third-order valence-electron chi connectivity index (χ3n) is 4.65. The van der Waals surface area contributed by atoms with Crippen molar-refractivity contribution in [2.45, 2.75) is 70.7 Å². The van der Waals surface area contributed by atoms with E-state index in [-0.39, 0.29) is 0 Å². The molecule has 0 aliphatic heterocycles. The molecule has 0 bridgehead atoms. The first-order valence-corrected chi connectivity index (χ1v) is 10.5. The predicted molar refractivity (Wildman–Crippen MR) is 76.7 cm³/mol. The molecule has 0 N–H and O–H groups in total. The molecule has 3 atom stereocenters. The molecule has 17 heavy (non-hydrogen) atoms. The Bertz CT molecular complexity index is 307. The van der Waals surface area contributed by atoms with Gasteiger partial charge in [-0.25, -0.2) is 0 Å². The normalized spacial score (nSPS) is 40.1. The summed E-state index contributed by atoms with van der Waals surface area (Å²) in [6.45, 7) is 13.3. The van der Waals surface area contributed by atoms with E-state index >= 15 is 0 Å². The summed E-state index contributed by atoms with van der Waals surface area (Å²) in [5.74, 6) is 0.853. The molecule has 0 saturated heterocycles. The van der Waals surface area contributed by atoms with Gasteiger partial charge in [0.1, 0.15) is 0 Å². The monoisotopic (exact) mass is 252 g/mol. The molecular weight excluding hydrogens is 224 g/mol. The van der Waals surface area contributed by atoms with Gasteiger partial charge in [-0.3, -0.25) is 0 Å². The van der Waals surface area contributed by atoms with Crippen LogP contribution in [0.25, 0.3) is 0 Å². The number of unbranched alkanes of at least 4 members (excludes halogenated alkanes) is 1. The van der Waals surface area contributed by atoms with E-state index in [0.717, 1.165) is 5.92 Å². The van der Waals surface area contributed by atoms with Gasteiger partial charge in [-0.05, 0) is 69.5 Å². The van der Waals surface area contributed by atoms with Gasteiger partial charge in [0.05, 0.1) is 5.60 Å². The highest BCUT2D eigenvalue weighted by molar-refractivity contribution is 6.69. The zero-order valence-electron chi connectivity index (χ0n) is 12.0. The van der Waals surface area contributed by atoms with Crippen molar-refractivity contribution in [3.05, 3.63) is 12.7 Å². The van der Waals surface area contributed by atoms with Crippen LogP contribution in [0.5, 0.6) is 0 Å². The highest BCUT2D eigenvalue weighted by Crippen LogP contribution is 2.68. The maximum Gasteiger partial charge on any atom is 0.184 e. The molecule has 0 unspecified atom stereocenters. The Morgan fingerprint density at radius 1 is 1.35 bits per heavy atom. The zero-order valence-corrected chi connectivity index (χ0v) is 13.0. The summed E-state index contributed by atoms with van der Waals surface area (Å²) in [4.78, 5) is 0. The van der Waals surface area contributed by atoms with Crippen molar-refractivity contribution in [1.29, 1.82) is 0 Å². The van der Waals surface area contributed by atoms with Crippen LogP contribution in [0.2, 0.25) is 19.6 Å². The van der Waals surface area contributed by atoms with Crippen molar-refractivity contribution in [2.24, 2.45) is 11.3 Å². The molecule has 0 aromatic carbocycles. The summed E-state index contributed by atoms with van der Waals surface area (Å²) in [5.41, 5.74) is 0.871. The maximum absolute atomic E-state index is 6.48. The second kappa shape index (κ2) is 4.24. The molecule has 2 heteroatoms. The van der Waals surface area contributed by atoms with Gasteiger partial charge in [-0.15, -0.1) is 6.58 Å². The summed E-state index contributed by atoms with van der Waals surface area (Å²) in [5, 5.41) is 0. The number of hydrogen-bond donors (Lipinski definition) is 0. The van der Waals surface area contributed by atoms with Crippen LogP contribution in [-0.4, -0.2) is 13.9 Å². The second-order valence-corrected chi connectivity index (χ2v) is 11.8. The fraction of sp³-hybridized carbons (Fsp3) is 0.867. The van der Waals surface area contributed by atoms with Gasteiger partial charge >= 0.3 is 0 Å². The van der Waals surface area contributed by atoms with Crippen LogP contribution in [0, 0.1) is 11.3 Å². The molecule has 0 amide bonds. The highest BCUT2D eigenvalue weighted by atomic mass is 28.4. The summed E-state index contributed by atoms with van der Waals surface area (Å²) in [6.07, 6.45) is 9.91. The Balaban J connectivity index is 1.92. The van der Waals surface area contributed by atoms with Gasteiger partial charge in [-0.1, -0.05) is 13.0 Å². The van der Waals surface area contributed by atoms with Gasteiger partial charge in [-0.2, -0.15) is 0 Å². The molecule has 2 aliphatic carbocycles. The fourth-order valence-corrected chi connectivity index (χ4v) is 5.39. The molecule has 1 nitrogen and oxygen atoms in total. The molecule has 0 aromatic rings. The van der Waals surface area contributed by atoms with Crippen molar-refractivity contribution in [3.63, 3.8) is 0 Å². The topological polar surface area (TPSA) is 9.23 Å². The summed E-state index contributed by atoms with van der Waals surface area (Å²) >= 11 is 0. The van der Waals surface area contributed by atoms with Crippen molar-refractivity contribution in [2.75, 3.05) is 0 Å². The third kappa shape index (κ3) is 2.68. The van der Waals surface area contributed by atoms with Crippen LogP contribution in [0.3, 0.4) is 0 Å². The molecule has 0 radical (unpaired) electrons. The lowest BCUT2D eigenvalue weighted by atomic mass is 9.80. The van der Waals surface area contributed by atoms with Crippen molar-refractivity contribution >= 4 is 8.32 Å². The molecule has 98 valence electrons. The standard InChI is InChI=1S/C15H28OSi/c1-6-7-8-9-14(2)10-11-15(12-13(14)15)16-17(3,4)5/h6,13H,1,7-12H2,2-5H3/t13-,14+,15+/m1/s1. The SMILES string of the molecule is C=CCCC[C@@]1(C)CC[C@]2(O[Si](C)(C)C)C[C@H]12. The van der Waals surface area contributed by atoms with E-state index < -0.39 is 8.32 Å². The van der Waals surface area contributed by atoms with Gasteiger partial charge in [0, 0.05) is 0 Å². The third-order valence-corrected chi connectivity index (χ3v) is 5.67. The lowest BCUT2D eigenvalue weighted by Gasteiger charge is -2.26. The first-order chi connectivity index (χ1) is 7.81. The Morgan fingerprint density at radius 2 is 2.06 bits per heavy atom. The van der Waals surface area contributed by atoms with Crippen LogP contribution < -0.4 is 0 Å². The number of fused-ring (bicyclic) bond motifs is 1. The van der Waals surface area contributed by atoms with Gasteiger partial charge < -0.3 is 4.43 Å². The summed E-state index contributed by atoms with van der Waals surface area (Å²) < 4.78 is 6.48. The number of hydrogen-bond acceptors (Lipinski definition) is 1. The van der Waals surface area contributed by atoms with Crippen LogP contribution in [0.4, 0.5) is 0 Å². The molecule has 0 heterocycles. The van der Waals surface area contributed by atoms with E-state index in [4.69, 9.17) is 4.43 Å². The zero-order chi connectivity index (χ0) is 12.7. The Hall–Kier alpha value is -0.0831. The van der Waals surface area contributed by atoms with E-state index in [1.54, 1.807) is 0 Å². The van der Waals surface area contributed by atoms with E-state index in [0.29, 0.717) is 11.0 Å². The fourth-order valence-electron chi connectivity index (χ4n) is 3.84. The molecule has 0 spiro atoms. The Morgan fingerprint density at radius 3 is 2.59 bits per heavy atom. The molecule has 2 aliphatic rings. The number of rotatable bonds is 6. The lowest BCUT2D eigenvalue weighted by molar-refractivity contribution is 0.156. The van der Waals surface area contributed by atoms with Gasteiger partial charge in [0.15, 0.2) is 8.32 Å². The predicted octanol–water partition coefficient (Wildman–Crippen LogP) is 4.75. The largest absolute Gasteiger partial charge is 0.412 e. The Labute approximate surface area is 108 Å². The minimum atomic E-state index is -1.37. The summed E-state index contributed by atoms with van der Waals surface area (Å²) in [7, 11) is -1.37. The quantitative estimate of drug-likeness (QED) is 0.376. The summed E-state index contributed by atoms with van der Waals surface area (Å²) in [6, 6.07) is 0. The van der Waals surface area contributed by atoms with Crippen molar-refractivity contribution < 1.29 is 4.43 Å². The molecule has 2 rings (SSSR count). The van der Waals surface area contributed by atoms with Crippen molar-refractivity contribution in [3.8, 4) is 0 Å². The van der Waals surface area contributed by atoms with Gasteiger partial charge in [0.2, 0.25) is 0 Å². The minimum absolute atomic E-state index is 0.313. The van der Waals surface area contributed by atoms with Crippen LogP contribution in [0.1, 0.15) is 45.4 Å². The Kier molecular flexibility index (Phi) is 3.33. The van der Waals surface area contributed by atoms with Crippen LogP contribution in [-0.2, 0) is 4.43 Å². The smallest absolute Gasteiger partial charge is 0.184 e. The second-order valence-electron chi connectivity index (χ2n) is 7.37. The molecule has 2 fully saturated rings. The molecular formula is C15H28OSi. The maximum atomic E-state index is 6.48. The van der Waals surface area contributed by atoms with Crippen LogP contribution >= 0.6 is 0 Å². The minimum Gasteiger partial charge on any atom is -0.412 e. The van der Waals surface area contributed by atoms with E-state index in [2.05, 4.69) is 39.2 Å². The lowest BCUT2D eigenvalue weighted by Crippen LogP contribution is -2.33. The van der Waals surface area contributed by atoms with E-state index in [9.17, 15) is 0 Å².